The topological polar surface area (TPSA) is 35.0 Å². The largest absolute Gasteiger partial charge is 0.455 e. The molecule has 88 valence electrons. The fourth-order valence-corrected chi connectivity index (χ4v) is 1.67. The van der Waals surface area contributed by atoms with Gasteiger partial charge in [-0.2, -0.15) is 0 Å². The van der Waals surface area contributed by atoms with Crippen LogP contribution in [0.5, 0.6) is 11.5 Å². The summed E-state index contributed by atoms with van der Waals surface area (Å²) in [6.07, 6.45) is 1.58. The third-order valence-corrected chi connectivity index (χ3v) is 2.81. The first-order valence-electron chi connectivity index (χ1n) is 4.99. The maximum absolute atomic E-state index is 6.00. The molecule has 2 heterocycles. The van der Waals surface area contributed by atoms with Crippen LogP contribution in [0.4, 0.5) is 0 Å². The van der Waals surface area contributed by atoms with E-state index in [-0.39, 0.29) is 0 Å². The predicted molar refractivity (Wildman–Crippen MR) is 68.0 cm³/mol. The SMILES string of the molecule is Cc1nc(C)c(Oc2ccnc(Cl)c2)cc1Cl. The highest BCUT2D eigenvalue weighted by molar-refractivity contribution is 6.31. The molecule has 2 aromatic rings. The van der Waals surface area contributed by atoms with Crippen LogP contribution in [0, 0.1) is 13.8 Å². The van der Waals surface area contributed by atoms with Crippen LogP contribution in [0.25, 0.3) is 0 Å². The van der Waals surface area contributed by atoms with Crippen LogP contribution in [0.3, 0.4) is 0 Å². The standard InChI is InChI=1S/C12H10Cl2N2O/c1-7-10(13)6-11(8(2)16-7)17-9-3-4-15-12(14)5-9/h3-6H,1-2H3. The Bertz CT molecular complexity index is 558. The Morgan fingerprint density at radius 3 is 2.59 bits per heavy atom. The number of aromatic nitrogens is 2. The van der Waals surface area contributed by atoms with Gasteiger partial charge in [-0.25, -0.2) is 4.98 Å². The van der Waals surface area contributed by atoms with Crippen molar-refractivity contribution in [3.05, 3.63) is 46.0 Å². The van der Waals surface area contributed by atoms with Crippen LogP contribution in [0.15, 0.2) is 24.4 Å². The molecule has 0 spiro atoms. The molecule has 0 aliphatic carbocycles. The lowest BCUT2D eigenvalue weighted by molar-refractivity contribution is 0.474. The van der Waals surface area contributed by atoms with E-state index in [1.54, 1.807) is 24.4 Å². The molecular formula is C12H10Cl2N2O. The minimum absolute atomic E-state index is 0.381. The Hall–Kier alpha value is -1.32. The van der Waals surface area contributed by atoms with E-state index in [1.165, 1.54) is 0 Å². The number of ether oxygens (including phenoxy) is 1. The van der Waals surface area contributed by atoms with Crippen molar-refractivity contribution in [2.24, 2.45) is 0 Å². The van der Waals surface area contributed by atoms with Crippen molar-refractivity contribution in [2.75, 3.05) is 0 Å². The molecule has 0 atom stereocenters. The van der Waals surface area contributed by atoms with Gasteiger partial charge in [0.25, 0.3) is 0 Å². The van der Waals surface area contributed by atoms with Crippen LogP contribution in [0.2, 0.25) is 10.2 Å². The van der Waals surface area contributed by atoms with Crippen LogP contribution < -0.4 is 4.74 Å². The molecule has 0 aliphatic heterocycles. The maximum atomic E-state index is 6.00. The molecule has 0 aliphatic rings. The first-order chi connectivity index (χ1) is 8.06. The van der Waals surface area contributed by atoms with E-state index in [2.05, 4.69) is 9.97 Å². The Morgan fingerprint density at radius 2 is 1.88 bits per heavy atom. The normalized spacial score (nSPS) is 10.4. The van der Waals surface area contributed by atoms with E-state index in [4.69, 9.17) is 27.9 Å². The summed E-state index contributed by atoms with van der Waals surface area (Å²) in [5, 5.41) is 0.956. The van der Waals surface area contributed by atoms with Crippen molar-refractivity contribution >= 4 is 23.2 Å². The van der Waals surface area contributed by atoms with Crippen LogP contribution in [-0.2, 0) is 0 Å². The third kappa shape index (κ3) is 2.87. The second kappa shape index (κ2) is 4.90. The number of pyridine rings is 2. The summed E-state index contributed by atoms with van der Waals surface area (Å²) < 4.78 is 5.65. The molecule has 0 radical (unpaired) electrons. The second-order valence-corrected chi connectivity index (χ2v) is 4.35. The van der Waals surface area contributed by atoms with Crippen molar-refractivity contribution in [1.29, 1.82) is 0 Å². The molecule has 0 saturated heterocycles. The lowest BCUT2D eigenvalue weighted by Gasteiger charge is -2.09. The van der Waals surface area contributed by atoms with Crippen LogP contribution in [-0.4, -0.2) is 9.97 Å². The van der Waals surface area contributed by atoms with Crippen molar-refractivity contribution in [3.63, 3.8) is 0 Å². The average Bonchev–Trinajstić information content (AvgIpc) is 2.26. The number of nitrogens with zero attached hydrogens (tertiary/aromatic N) is 2. The molecule has 0 amide bonds. The molecule has 0 N–H and O–H groups in total. The molecule has 0 fully saturated rings. The number of rotatable bonds is 2. The van der Waals surface area contributed by atoms with Gasteiger partial charge >= 0.3 is 0 Å². The van der Waals surface area contributed by atoms with E-state index in [9.17, 15) is 0 Å². The smallest absolute Gasteiger partial charge is 0.150 e. The highest BCUT2D eigenvalue weighted by Gasteiger charge is 2.07. The molecule has 0 aromatic carbocycles. The Morgan fingerprint density at radius 1 is 1.12 bits per heavy atom. The van der Waals surface area contributed by atoms with Gasteiger partial charge in [0.1, 0.15) is 16.7 Å². The highest BCUT2D eigenvalue weighted by Crippen LogP contribution is 2.28. The summed E-state index contributed by atoms with van der Waals surface area (Å²) >= 11 is 11.8. The molecule has 5 heteroatoms. The molecule has 2 rings (SSSR count). The van der Waals surface area contributed by atoms with E-state index >= 15 is 0 Å². The fraction of sp³-hybridized carbons (Fsp3) is 0.167. The number of hydrogen-bond donors (Lipinski definition) is 0. The van der Waals surface area contributed by atoms with E-state index in [0.717, 1.165) is 11.4 Å². The third-order valence-electron chi connectivity index (χ3n) is 2.22. The number of aryl methyl sites for hydroxylation is 2. The minimum Gasteiger partial charge on any atom is -0.455 e. The molecule has 3 nitrogen and oxygen atoms in total. The zero-order valence-electron chi connectivity index (χ0n) is 9.37. The van der Waals surface area contributed by atoms with Gasteiger partial charge in [-0.15, -0.1) is 0 Å². The molecule has 17 heavy (non-hydrogen) atoms. The predicted octanol–water partition coefficient (Wildman–Crippen LogP) is 4.19. The molecule has 0 bridgehead atoms. The van der Waals surface area contributed by atoms with Gasteiger partial charge in [0.15, 0.2) is 0 Å². The van der Waals surface area contributed by atoms with Crippen molar-refractivity contribution in [3.8, 4) is 11.5 Å². The molecule has 0 unspecified atom stereocenters. The van der Waals surface area contributed by atoms with Crippen molar-refractivity contribution in [1.82, 2.24) is 9.97 Å². The Kier molecular flexibility index (Phi) is 3.50. The first-order valence-corrected chi connectivity index (χ1v) is 5.75. The highest BCUT2D eigenvalue weighted by atomic mass is 35.5. The molecule has 2 aromatic heterocycles. The van der Waals surface area contributed by atoms with Crippen LogP contribution in [0.1, 0.15) is 11.4 Å². The summed E-state index contributed by atoms with van der Waals surface area (Å²) in [5.41, 5.74) is 1.56. The molecular weight excluding hydrogens is 259 g/mol. The minimum atomic E-state index is 0.381. The van der Waals surface area contributed by atoms with Gasteiger partial charge in [-0.3, -0.25) is 4.98 Å². The van der Waals surface area contributed by atoms with Gasteiger partial charge in [-0.1, -0.05) is 23.2 Å². The van der Waals surface area contributed by atoms with Gasteiger partial charge in [0.2, 0.25) is 0 Å². The van der Waals surface area contributed by atoms with Gasteiger partial charge in [-0.05, 0) is 19.9 Å². The fourth-order valence-electron chi connectivity index (χ4n) is 1.36. The summed E-state index contributed by atoms with van der Waals surface area (Å²) in [7, 11) is 0. The molecule has 0 saturated carbocycles. The second-order valence-electron chi connectivity index (χ2n) is 3.56. The van der Waals surface area contributed by atoms with Gasteiger partial charge in [0, 0.05) is 18.3 Å². The monoisotopic (exact) mass is 268 g/mol. The Balaban J connectivity index is 2.33. The van der Waals surface area contributed by atoms with Crippen molar-refractivity contribution < 1.29 is 4.74 Å². The van der Waals surface area contributed by atoms with Crippen molar-refractivity contribution in [2.45, 2.75) is 13.8 Å². The number of hydrogen-bond acceptors (Lipinski definition) is 3. The van der Waals surface area contributed by atoms with E-state index in [1.807, 2.05) is 13.8 Å². The Labute approximate surface area is 109 Å². The summed E-state index contributed by atoms with van der Waals surface area (Å²) in [6, 6.07) is 5.10. The van der Waals surface area contributed by atoms with Crippen LogP contribution >= 0.6 is 23.2 Å². The average molecular weight is 269 g/mol. The first kappa shape index (κ1) is 12.1. The zero-order chi connectivity index (χ0) is 12.4. The zero-order valence-corrected chi connectivity index (χ0v) is 10.9. The summed E-state index contributed by atoms with van der Waals surface area (Å²) in [4.78, 5) is 8.17. The van der Waals surface area contributed by atoms with E-state index < -0.39 is 0 Å². The maximum Gasteiger partial charge on any atom is 0.150 e. The van der Waals surface area contributed by atoms with Gasteiger partial charge in [0.05, 0.1) is 16.4 Å². The lowest BCUT2D eigenvalue weighted by Crippen LogP contribution is -1.93. The lowest BCUT2D eigenvalue weighted by atomic mass is 10.3. The quantitative estimate of drug-likeness (QED) is 0.766. The number of halogens is 2. The summed E-state index contributed by atoms with van der Waals surface area (Å²) in [6.45, 7) is 3.71. The van der Waals surface area contributed by atoms with Gasteiger partial charge < -0.3 is 4.74 Å². The van der Waals surface area contributed by atoms with E-state index in [0.29, 0.717) is 21.7 Å². The summed E-state index contributed by atoms with van der Waals surface area (Å²) in [5.74, 6) is 1.22.